The smallest absolute Gasteiger partial charge is 0.338 e. The van der Waals surface area contributed by atoms with Gasteiger partial charge in [0.15, 0.2) is 4.80 Å². The van der Waals surface area contributed by atoms with Crippen LogP contribution in [0.2, 0.25) is 0 Å². The van der Waals surface area contributed by atoms with Crippen molar-refractivity contribution >= 4 is 43.5 Å². The number of hydrogen-bond acceptors (Lipinski definition) is 6. The Morgan fingerprint density at radius 1 is 1.26 bits per heavy atom. The van der Waals surface area contributed by atoms with E-state index in [2.05, 4.69) is 10.9 Å². The number of nitrogens with zero attached hydrogens (tertiary/aromatic N) is 3. The lowest BCUT2D eigenvalue weighted by Gasteiger charge is -2.21. The third kappa shape index (κ3) is 4.91. The van der Waals surface area contributed by atoms with Crippen LogP contribution in [-0.2, 0) is 26.1 Å². The normalized spacial score (nSPS) is 16.9. The lowest BCUT2D eigenvalue weighted by atomic mass is 10.2. The topological polar surface area (TPSA) is 98.0 Å². The van der Waals surface area contributed by atoms with Gasteiger partial charge in [-0.05, 0) is 62.2 Å². The number of fused-ring (bicyclic) bond motifs is 1. The first kappa shape index (κ1) is 24.8. The first-order valence-electron chi connectivity index (χ1n) is 10.9. The molecule has 1 aromatic heterocycles. The minimum atomic E-state index is -4.01. The molecule has 0 radical (unpaired) electrons. The quantitative estimate of drug-likeness (QED) is 0.371. The minimum absolute atomic E-state index is 0.0886. The molecule has 11 heteroatoms. The largest absolute Gasteiger partial charge is 0.462 e. The predicted octanol–water partition coefficient (Wildman–Crippen LogP) is 2.93. The van der Waals surface area contributed by atoms with Crippen molar-refractivity contribution in [2.75, 3.05) is 13.2 Å². The first-order valence-corrected chi connectivity index (χ1v) is 13.1. The van der Waals surface area contributed by atoms with Crippen LogP contribution in [0.5, 0.6) is 0 Å². The highest BCUT2D eigenvalue weighted by Crippen LogP contribution is 2.27. The molecule has 1 atom stereocenters. The zero-order valence-corrected chi connectivity index (χ0v) is 20.4. The van der Waals surface area contributed by atoms with Gasteiger partial charge in [0.2, 0.25) is 10.0 Å². The number of halogens is 1. The fourth-order valence-corrected chi connectivity index (χ4v) is 6.65. The molecule has 0 saturated carbocycles. The molecular formula is C24H22FN3O5S2. The molecule has 182 valence electrons. The SMILES string of the molecule is C#CCn1c(=NC(=O)C2CCCN2S(=O)(=O)c2ccc(F)cc2)sc2cc(C(=O)OCC)ccc21. The second kappa shape index (κ2) is 10.1. The fraction of sp³-hybridized carbons (Fsp3) is 0.292. The van der Waals surface area contributed by atoms with Gasteiger partial charge in [-0.25, -0.2) is 17.6 Å². The number of carbonyl (C=O) groups excluding carboxylic acids is 2. The molecule has 1 amide bonds. The molecule has 1 aliphatic heterocycles. The Labute approximate surface area is 205 Å². The van der Waals surface area contributed by atoms with Crippen LogP contribution < -0.4 is 4.80 Å². The van der Waals surface area contributed by atoms with Crippen molar-refractivity contribution in [1.82, 2.24) is 8.87 Å². The summed E-state index contributed by atoms with van der Waals surface area (Å²) in [6, 6.07) is 8.47. The van der Waals surface area contributed by atoms with Crippen LogP contribution in [0.4, 0.5) is 4.39 Å². The Bertz CT molecular complexity index is 1500. The zero-order chi connectivity index (χ0) is 25.2. The number of ether oxygens (including phenoxy) is 1. The van der Waals surface area contributed by atoms with E-state index in [1.54, 1.807) is 29.7 Å². The average molecular weight is 516 g/mol. The molecule has 0 N–H and O–H groups in total. The lowest BCUT2D eigenvalue weighted by Crippen LogP contribution is -2.40. The van der Waals surface area contributed by atoms with Crippen LogP contribution in [0.25, 0.3) is 10.2 Å². The molecule has 1 fully saturated rings. The van der Waals surface area contributed by atoms with E-state index in [1.807, 2.05) is 0 Å². The highest BCUT2D eigenvalue weighted by molar-refractivity contribution is 7.89. The van der Waals surface area contributed by atoms with E-state index in [4.69, 9.17) is 11.2 Å². The summed E-state index contributed by atoms with van der Waals surface area (Å²) in [6.45, 7) is 2.25. The molecule has 0 spiro atoms. The molecule has 0 bridgehead atoms. The molecule has 1 aliphatic rings. The van der Waals surface area contributed by atoms with Gasteiger partial charge in [0, 0.05) is 6.54 Å². The number of benzene rings is 2. The zero-order valence-electron chi connectivity index (χ0n) is 18.8. The van der Waals surface area contributed by atoms with Crippen molar-refractivity contribution in [3.63, 3.8) is 0 Å². The third-order valence-electron chi connectivity index (χ3n) is 5.56. The molecule has 0 aliphatic carbocycles. The van der Waals surface area contributed by atoms with Crippen LogP contribution in [0.3, 0.4) is 0 Å². The van der Waals surface area contributed by atoms with E-state index in [0.29, 0.717) is 33.4 Å². The molecule has 2 aromatic carbocycles. The van der Waals surface area contributed by atoms with Crippen molar-refractivity contribution < 1.29 is 27.1 Å². The Morgan fingerprint density at radius 3 is 2.69 bits per heavy atom. The number of thiazole rings is 1. The summed E-state index contributed by atoms with van der Waals surface area (Å²) in [5, 5.41) is 0. The Kier molecular flexibility index (Phi) is 7.16. The number of rotatable bonds is 6. The van der Waals surface area contributed by atoms with Gasteiger partial charge < -0.3 is 9.30 Å². The summed E-state index contributed by atoms with van der Waals surface area (Å²) in [6.07, 6.45) is 6.33. The molecular weight excluding hydrogens is 493 g/mol. The van der Waals surface area contributed by atoms with Gasteiger partial charge in [0.05, 0.1) is 33.8 Å². The van der Waals surface area contributed by atoms with Crippen molar-refractivity contribution in [2.45, 2.75) is 37.2 Å². The van der Waals surface area contributed by atoms with E-state index in [-0.39, 0.29) is 24.6 Å². The molecule has 1 unspecified atom stereocenters. The van der Waals surface area contributed by atoms with E-state index in [1.165, 1.54) is 23.5 Å². The number of aromatic nitrogens is 1. The summed E-state index contributed by atoms with van der Waals surface area (Å²) in [5.41, 5.74) is 1.05. The Balaban J connectivity index is 1.71. The summed E-state index contributed by atoms with van der Waals surface area (Å²) in [7, 11) is -4.01. The monoisotopic (exact) mass is 515 g/mol. The second-order valence-corrected chi connectivity index (χ2v) is 10.7. The van der Waals surface area contributed by atoms with Crippen LogP contribution in [0, 0.1) is 18.2 Å². The number of sulfonamides is 1. The molecule has 3 aromatic rings. The van der Waals surface area contributed by atoms with Crippen LogP contribution in [0.15, 0.2) is 52.4 Å². The van der Waals surface area contributed by atoms with Gasteiger partial charge in [-0.15, -0.1) is 6.42 Å². The molecule has 4 rings (SSSR count). The van der Waals surface area contributed by atoms with Gasteiger partial charge in [-0.1, -0.05) is 17.3 Å². The van der Waals surface area contributed by atoms with Crippen LogP contribution in [-0.4, -0.2) is 48.4 Å². The average Bonchev–Trinajstić information content (AvgIpc) is 3.45. The maximum Gasteiger partial charge on any atom is 0.338 e. The second-order valence-electron chi connectivity index (χ2n) is 7.76. The Morgan fingerprint density at radius 2 is 2.00 bits per heavy atom. The molecule has 2 heterocycles. The van der Waals surface area contributed by atoms with Crippen molar-refractivity contribution in [3.05, 3.63) is 58.6 Å². The van der Waals surface area contributed by atoms with Crippen LogP contribution >= 0.6 is 11.3 Å². The summed E-state index contributed by atoms with van der Waals surface area (Å²) in [5.74, 6) is 0.899. The molecule has 1 saturated heterocycles. The highest BCUT2D eigenvalue weighted by Gasteiger charge is 2.39. The summed E-state index contributed by atoms with van der Waals surface area (Å²) < 4.78 is 48.0. The number of hydrogen-bond donors (Lipinski definition) is 0. The van der Waals surface area contributed by atoms with Gasteiger partial charge in [-0.3, -0.25) is 4.79 Å². The molecule has 35 heavy (non-hydrogen) atoms. The Hall–Kier alpha value is -3.33. The maximum absolute atomic E-state index is 13.3. The highest BCUT2D eigenvalue weighted by atomic mass is 32.2. The number of esters is 1. The predicted molar refractivity (Wildman–Crippen MR) is 128 cm³/mol. The van der Waals surface area contributed by atoms with Gasteiger partial charge >= 0.3 is 5.97 Å². The van der Waals surface area contributed by atoms with E-state index < -0.39 is 33.8 Å². The first-order chi connectivity index (χ1) is 16.8. The van der Waals surface area contributed by atoms with E-state index in [9.17, 15) is 22.4 Å². The number of amides is 1. The lowest BCUT2D eigenvalue weighted by molar-refractivity contribution is -0.121. The van der Waals surface area contributed by atoms with E-state index >= 15 is 0 Å². The molecule has 8 nitrogen and oxygen atoms in total. The van der Waals surface area contributed by atoms with Gasteiger partial charge in [-0.2, -0.15) is 9.30 Å². The summed E-state index contributed by atoms with van der Waals surface area (Å²) >= 11 is 1.17. The maximum atomic E-state index is 13.3. The van der Waals surface area contributed by atoms with Gasteiger partial charge in [0.25, 0.3) is 5.91 Å². The fourth-order valence-electron chi connectivity index (χ4n) is 3.93. The van der Waals surface area contributed by atoms with E-state index in [0.717, 1.165) is 16.4 Å². The standard InChI is InChI=1S/C24H22FN3O5S2/c1-3-13-27-19-12-7-16(23(30)33-4-2)15-21(19)34-24(27)26-22(29)20-6-5-14-28(20)35(31,32)18-10-8-17(25)9-11-18/h1,7-12,15,20H,4-6,13-14H2,2H3. The minimum Gasteiger partial charge on any atom is -0.462 e. The number of carbonyl (C=O) groups is 2. The van der Waals surface area contributed by atoms with Gasteiger partial charge in [0.1, 0.15) is 11.9 Å². The third-order valence-corrected chi connectivity index (χ3v) is 8.52. The summed E-state index contributed by atoms with van der Waals surface area (Å²) in [4.78, 5) is 29.7. The van der Waals surface area contributed by atoms with Crippen molar-refractivity contribution in [2.24, 2.45) is 4.99 Å². The van der Waals surface area contributed by atoms with Crippen molar-refractivity contribution in [3.8, 4) is 12.3 Å². The van der Waals surface area contributed by atoms with Crippen molar-refractivity contribution in [1.29, 1.82) is 0 Å². The number of terminal acetylenes is 1. The van der Waals surface area contributed by atoms with Crippen LogP contribution in [0.1, 0.15) is 30.1 Å².